The quantitative estimate of drug-likeness (QED) is 0.439. The Hall–Kier alpha value is -3.18. The molecule has 5 N–H and O–H groups in total. The zero-order chi connectivity index (χ0) is 24.4. The molecule has 0 aliphatic carbocycles. The number of aryl methyl sites for hydroxylation is 2. The minimum Gasteiger partial charge on any atom is -0.370 e. The van der Waals surface area contributed by atoms with Crippen molar-refractivity contribution in [3.8, 4) is 11.3 Å². The summed E-state index contributed by atoms with van der Waals surface area (Å²) in [7, 11) is -4.49. The number of hydrogen-bond acceptors (Lipinski definition) is 6. The summed E-state index contributed by atoms with van der Waals surface area (Å²) in [5.74, 6) is 0.600. The molecule has 1 heterocycles. The lowest BCUT2D eigenvalue weighted by atomic mass is 10.0. The van der Waals surface area contributed by atoms with Gasteiger partial charge in [0.05, 0.1) is 16.2 Å². The van der Waals surface area contributed by atoms with Crippen LogP contribution in [0.4, 0.5) is 24.9 Å². The van der Waals surface area contributed by atoms with Gasteiger partial charge in [0, 0.05) is 18.2 Å². The highest BCUT2D eigenvalue weighted by atomic mass is 32.2. The summed E-state index contributed by atoms with van der Waals surface area (Å²) >= 11 is 0. The van der Waals surface area contributed by atoms with Crippen molar-refractivity contribution in [3.05, 3.63) is 64.7 Å². The number of primary sulfonamides is 1. The van der Waals surface area contributed by atoms with Gasteiger partial charge in [0.1, 0.15) is 5.82 Å². The molecule has 3 rings (SSSR count). The molecule has 0 saturated carbocycles. The van der Waals surface area contributed by atoms with Crippen molar-refractivity contribution in [1.29, 1.82) is 0 Å². The van der Waals surface area contributed by atoms with Crippen molar-refractivity contribution in [2.45, 2.75) is 37.8 Å². The molecular formula is C22H24F3N5O2S. The first-order valence-corrected chi connectivity index (χ1v) is 11.6. The van der Waals surface area contributed by atoms with E-state index in [2.05, 4.69) is 15.3 Å². The molecule has 0 saturated heterocycles. The van der Waals surface area contributed by atoms with Gasteiger partial charge in [-0.05, 0) is 55.5 Å². The molecule has 2 aromatic carbocycles. The topological polar surface area (TPSA) is 124 Å². The average molecular weight is 480 g/mol. The van der Waals surface area contributed by atoms with Crippen molar-refractivity contribution < 1.29 is 21.6 Å². The molecule has 0 unspecified atom stereocenters. The highest BCUT2D eigenvalue weighted by Crippen LogP contribution is 2.34. The lowest BCUT2D eigenvalue weighted by molar-refractivity contribution is -0.139. The molecule has 0 spiro atoms. The number of rotatable bonds is 7. The van der Waals surface area contributed by atoms with Gasteiger partial charge in [0.25, 0.3) is 0 Å². The van der Waals surface area contributed by atoms with E-state index in [0.29, 0.717) is 30.0 Å². The third-order valence-corrected chi connectivity index (χ3v) is 6.20. The SMILES string of the molecule is Cc1cccc(-c2cc(NCCCc3ccc(S(N)(=O)=O)c(C(F)(F)F)c3)nc(N)n2)c1C. The van der Waals surface area contributed by atoms with Gasteiger partial charge in [-0.3, -0.25) is 0 Å². The Kier molecular flexibility index (Phi) is 6.94. The van der Waals surface area contributed by atoms with Gasteiger partial charge in [0.2, 0.25) is 16.0 Å². The molecule has 0 amide bonds. The fourth-order valence-electron chi connectivity index (χ4n) is 3.43. The van der Waals surface area contributed by atoms with E-state index in [1.165, 1.54) is 6.07 Å². The summed E-state index contributed by atoms with van der Waals surface area (Å²) in [6.07, 6.45) is -4.08. The molecule has 0 atom stereocenters. The van der Waals surface area contributed by atoms with Gasteiger partial charge in [-0.15, -0.1) is 0 Å². The zero-order valence-corrected chi connectivity index (χ0v) is 18.9. The zero-order valence-electron chi connectivity index (χ0n) is 18.1. The summed E-state index contributed by atoms with van der Waals surface area (Å²) in [5.41, 5.74) is 8.72. The highest BCUT2D eigenvalue weighted by Gasteiger charge is 2.36. The van der Waals surface area contributed by atoms with Crippen LogP contribution >= 0.6 is 0 Å². The molecule has 33 heavy (non-hydrogen) atoms. The molecule has 11 heteroatoms. The van der Waals surface area contributed by atoms with E-state index in [9.17, 15) is 21.6 Å². The molecule has 0 bridgehead atoms. The van der Waals surface area contributed by atoms with Crippen molar-refractivity contribution in [2.75, 3.05) is 17.6 Å². The summed E-state index contributed by atoms with van der Waals surface area (Å²) in [4.78, 5) is 7.53. The first kappa shape index (κ1) is 24.5. The standard InChI is InChI=1S/C22H24F3N5O2S/c1-13-5-3-7-16(14(13)2)18-12-20(30-21(26)29-18)28-10-4-6-15-8-9-19(33(27,31)32)17(11-15)22(23,24)25/h3,5,7-9,11-12H,4,6,10H2,1-2H3,(H2,27,31,32)(H3,26,28,29,30). The molecule has 0 aliphatic heterocycles. The predicted octanol–water partition coefficient (Wildman–Crippen LogP) is 4.05. The van der Waals surface area contributed by atoms with Gasteiger partial charge in [-0.2, -0.15) is 18.2 Å². The predicted molar refractivity (Wildman–Crippen MR) is 121 cm³/mol. The molecule has 3 aromatic rings. The second-order valence-electron chi connectivity index (χ2n) is 7.65. The van der Waals surface area contributed by atoms with Gasteiger partial charge in [-0.25, -0.2) is 18.5 Å². The summed E-state index contributed by atoms with van der Waals surface area (Å²) in [5, 5.41) is 8.03. The fourth-order valence-corrected chi connectivity index (χ4v) is 4.17. The molecular weight excluding hydrogens is 455 g/mol. The van der Waals surface area contributed by atoms with Crippen LogP contribution in [0.1, 0.15) is 28.7 Å². The Morgan fingerprint density at radius 3 is 2.45 bits per heavy atom. The Labute approximate surface area is 190 Å². The Bertz CT molecular complexity index is 1280. The second kappa shape index (κ2) is 9.36. The number of alkyl halides is 3. The third kappa shape index (κ3) is 5.99. The number of nitrogen functional groups attached to an aromatic ring is 1. The number of halogens is 3. The van der Waals surface area contributed by atoms with Crippen LogP contribution in [-0.2, 0) is 22.6 Å². The minimum atomic E-state index is -4.83. The largest absolute Gasteiger partial charge is 0.417 e. The average Bonchev–Trinajstić information content (AvgIpc) is 2.71. The summed E-state index contributed by atoms with van der Waals surface area (Å²) in [6.45, 7) is 4.40. The van der Waals surface area contributed by atoms with Crippen LogP contribution in [0.2, 0.25) is 0 Å². The second-order valence-corrected chi connectivity index (χ2v) is 9.18. The van der Waals surface area contributed by atoms with E-state index < -0.39 is 26.7 Å². The molecule has 0 aliphatic rings. The number of nitrogens with two attached hydrogens (primary N) is 2. The third-order valence-electron chi connectivity index (χ3n) is 5.23. The summed E-state index contributed by atoms with van der Waals surface area (Å²) < 4.78 is 62.8. The van der Waals surface area contributed by atoms with Crippen LogP contribution in [0.15, 0.2) is 47.4 Å². The number of hydrogen-bond donors (Lipinski definition) is 3. The monoisotopic (exact) mass is 479 g/mol. The number of nitrogens with one attached hydrogen (secondary N) is 1. The molecule has 0 fully saturated rings. The van der Waals surface area contributed by atoms with Gasteiger partial charge >= 0.3 is 6.18 Å². The lowest BCUT2D eigenvalue weighted by Crippen LogP contribution is -2.19. The van der Waals surface area contributed by atoms with Crippen LogP contribution < -0.4 is 16.2 Å². The molecule has 176 valence electrons. The smallest absolute Gasteiger partial charge is 0.370 e. The number of aromatic nitrogens is 2. The van der Waals surface area contributed by atoms with Crippen molar-refractivity contribution in [2.24, 2.45) is 5.14 Å². The number of anilines is 2. The van der Waals surface area contributed by atoms with E-state index in [0.717, 1.165) is 28.8 Å². The Balaban J connectivity index is 1.71. The van der Waals surface area contributed by atoms with Crippen LogP contribution in [0.25, 0.3) is 11.3 Å². The molecule has 0 radical (unpaired) electrons. The lowest BCUT2D eigenvalue weighted by Gasteiger charge is -2.14. The Morgan fingerprint density at radius 2 is 1.79 bits per heavy atom. The number of nitrogens with zero attached hydrogens (tertiary/aromatic N) is 2. The van der Waals surface area contributed by atoms with Crippen LogP contribution in [0.5, 0.6) is 0 Å². The normalized spacial score (nSPS) is 12.1. The van der Waals surface area contributed by atoms with Gasteiger partial charge < -0.3 is 11.1 Å². The van der Waals surface area contributed by atoms with E-state index >= 15 is 0 Å². The molecule has 7 nitrogen and oxygen atoms in total. The maximum absolute atomic E-state index is 13.3. The Morgan fingerprint density at radius 1 is 1.06 bits per heavy atom. The van der Waals surface area contributed by atoms with Crippen LogP contribution in [-0.4, -0.2) is 24.9 Å². The fraction of sp³-hybridized carbons (Fsp3) is 0.273. The van der Waals surface area contributed by atoms with Crippen molar-refractivity contribution in [3.63, 3.8) is 0 Å². The molecule has 1 aromatic heterocycles. The van der Waals surface area contributed by atoms with Gasteiger partial charge in [-0.1, -0.05) is 24.3 Å². The van der Waals surface area contributed by atoms with E-state index in [-0.39, 0.29) is 12.4 Å². The van der Waals surface area contributed by atoms with Crippen LogP contribution in [0.3, 0.4) is 0 Å². The maximum Gasteiger partial charge on any atom is 0.417 e. The summed E-state index contributed by atoms with van der Waals surface area (Å²) in [6, 6.07) is 10.7. The van der Waals surface area contributed by atoms with E-state index in [4.69, 9.17) is 10.9 Å². The van der Waals surface area contributed by atoms with E-state index in [1.807, 2.05) is 32.0 Å². The van der Waals surface area contributed by atoms with Crippen molar-refractivity contribution >= 4 is 21.8 Å². The first-order chi connectivity index (χ1) is 15.4. The van der Waals surface area contributed by atoms with Crippen LogP contribution in [0, 0.1) is 13.8 Å². The van der Waals surface area contributed by atoms with E-state index in [1.54, 1.807) is 6.07 Å². The van der Waals surface area contributed by atoms with Gasteiger partial charge in [0.15, 0.2) is 0 Å². The number of sulfonamides is 1. The van der Waals surface area contributed by atoms with Crippen molar-refractivity contribution in [1.82, 2.24) is 9.97 Å². The number of benzene rings is 2. The first-order valence-electron chi connectivity index (χ1n) is 10.0. The highest BCUT2D eigenvalue weighted by molar-refractivity contribution is 7.89. The minimum absolute atomic E-state index is 0.101. The maximum atomic E-state index is 13.3.